The minimum Gasteiger partial charge on any atom is -0.310 e. The van der Waals surface area contributed by atoms with Crippen molar-refractivity contribution in [2.45, 2.75) is 18.9 Å². The minimum absolute atomic E-state index is 0.316. The van der Waals surface area contributed by atoms with Gasteiger partial charge in [-0.3, -0.25) is 0 Å². The van der Waals surface area contributed by atoms with Crippen molar-refractivity contribution in [3.05, 3.63) is 23.2 Å². The van der Waals surface area contributed by atoms with E-state index in [2.05, 4.69) is 15.3 Å². The van der Waals surface area contributed by atoms with E-state index >= 15 is 0 Å². The summed E-state index contributed by atoms with van der Waals surface area (Å²) in [4.78, 5) is 7.88. The first-order valence-electron chi connectivity index (χ1n) is 4.07. The molecule has 1 aliphatic heterocycles. The van der Waals surface area contributed by atoms with E-state index in [-0.39, 0.29) is 0 Å². The van der Waals surface area contributed by atoms with Crippen LogP contribution >= 0.6 is 11.6 Å². The quantitative estimate of drug-likeness (QED) is 0.672. The molecule has 0 radical (unpaired) electrons. The zero-order chi connectivity index (χ0) is 8.39. The average Bonchev–Trinajstić information content (AvgIpc) is 2.58. The Labute approximate surface area is 76.2 Å². The van der Waals surface area contributed by atoms with Gasteiger partial charge in [0, 0.05) is 24.0 Å². The Morgan fingerprint density at radius 1 is 1.42 bits per heavy atom. The van der Waals surface area contributed by atoms with Gasteiger partial charge in [0.15, 0.2) is 0 Å². The van der Waals surface area contributed by atoms with Gasteiger partial charge in [0.05, 0.1) is 0 Å². The van der Waals surface area contributed by atoms with Crippen molar-refractivity contribution in [3.63, 3.8) is 0 Å². The molecule has 1 unspecified atom stereocenters. The molecule has 64 valence electrons. The maximum absolute atomic E-state index is 5.58. The largest absolute Gasteiger partial charge is 0.310 e. The SMILES string of the molecule is Clc1ncc(C2CCCN2)cn1. The molecule has 1 atom stereocenters. The molecule has 3 nitrogen and oxygen atoms in total. The van der Waals surface area contributed by atoms with Gasteiger partial charge in [-0.1, -0.05) is 0 Å². The molecular formula is C8H10ClN3. The Morgan fingerprint density at radius 2 is 2.17 bits per heavy atom. The molecule has 1 fully saturated rings. The van der Waals surface area contributed by atoms with Crippen LogP contribution < -0.4 is 5.32 Å². The molecule has 12 heavy (non-hydrogen) atoms. The van der Waals surface area contributed by atoms with Gasteiger partial charge in [0.1, 0.15) is 0 Å². The second kappa shape index (κ2) is 3.37. The smallest absolute Gasteiger partial charge is 0.222 e. The molecule has 0 aliphatic carbocycles. The third-order valence-corrected chi connectivity index (χ3v) is 2.30. The molecule has 2 rings (SSSR count). The Hall–Kier alpha value is -0.670. The van der Waals surface area contributed by atoms with Crippen LogP contribution in [0.4, 0.5) is 0 Å². The third kappa shape index (κ3) is 1.57. The highest BCUT2D eigenvalue weighted by atomic mass is 35.5. The molecule has 0 amide bonds. The van der Waals surface area contributed by atoms with E-state index in [1.807, 2.05) is 0 Å². The van der Waals surface area contributed by atoms with Crippen LogP contribution in [0.25, 0.3) is 0 Å². The summed E-state index contributed by atoms with van der Waals surface area (Å²) < 4.78 is 0. The third-order valence-electron chi connectivity index (χ3n) is 2.10. The molecule has 0 bridgehead atoms. The van der Waals surface area contributed by atoms with Crippen molar-refractivity contribution in [3.8, 4) is 0 Å². The predicted molar refractivity (Wildman–Crippen MR) is 47.0 cm³/mol. The number of rotatable bonds is 1. The van der Waals surface area contributed by atoms with Crippen molar-refractivity contribution >= 4 is 11.6 Å². The summed E-state index contributed by atoms with van der Waals surface area (Å²) in [5.41, 5.74) is 1.14. The zero-order valence-electron chi connectivity index (χ0n) is 6.63. The minimum atomic E-state index is 0.316. The van der Waals surface area contributed by atoms with Crippen LogP contribution in [0.1, 0.15) is 24.4 Å². The summed E-state index contributed by atoms with van der Waals surface area (Å²) in [5.74, 6) is 0. The van der Waals surface area contributed by atoms with E-state index in [0.29, 0.717) is 11.3 Å². The first-order chi connectivity index (χ1) is 5.86. The molecule has 4 heteroatoms. The normalized spacial score (nSPS) is 22.9. The summed E-state index contributed by atoms with van der Waals surface area (Å²) in [6.45, 7) is 1.09. The summed E-state index contributed by atoms with van der Waals surface area (Å²) in [6.07, 6.45) is 5.98. The molecular weight excluding hydrogens is 174 g/mol. The number of hydrogen-bond acceptors (Lipinski definition) is 3. The molecule has 1 aromatic rings. The van der Waals surface area contributed by atoms with Crippen molar-refractivity contribution in [2.75, 3.05) is 6.54 Å². The van der Waals surface area contributed by atoms with E-state index in [9.17, 15) is 0 Å². The molecule has 1 aromatic heterocycles. The van der Waals surface area contributed by atoms with Gasteiger partial charge in [-0.05, 0) is 31.0 Å². The van der Waals surface area contributed by atoms with Crippen molar-refractivity contribution < 1.29 is 0 Å². The van der Waals surface area contributed by atoms with E-state index in [0.717, 1.165) is 12.1 Å². The maximum atomic E-state index is 5.58. The summed E-state index contributed by atoms with van der Waals surface area (Å²) in [7, 11) is 0. The van der Waals surface area contributed by atoms with Crippen molar-refractivity contribution in [2.24, 2.45) is 0 Å². The number of halogens is 1. The molecule has 0 aromatic carbocycles. The molecule has 1 saturated heterocycles. The fourth-order valence-electron chi connectivity index (χ4n) is 1.47. The van der Waals surface area contributed by atoms with Crippen LogP contribution in [0.15, 0.2) is 12.4 Å². The van der Waals surface area contributed by atoms with E-state index in [4.69, 9.17) is 11.6 Å². The summed E-state index contributed by atoms with van der Waals surface area (Å²) >= 11 is 5.58. The molecule has 0 saturated carbocycles. The molecule has 1 aliphatic rings. The Bertz CT molecular complexity index is 254. The lowest BCUT2D eigenvalue weighted by molar-refractivity contribution is 0.641. The second-order valence-corrected chi connectivity index (χ2v) is 3.27. The van der Waals surface area contributed by atoms with Gasteiger partial charge in [-0.25, -0.2) is 9.97 Å². The molecule has 0 spiro atoms. The monoisotopic (exact) mass is 183 g/mol. The second-order valence-electron chi connectivity index (χ2n) is 2.93. The average molecular weight is 184 g/mol. The lowest BCUT2D eigenvalue weighted by Crippen LogP contribution is -2.13. The highest BCUT2D eigenvalue weighted by molar-refractivity contribution is 6.28. The molecule has 2 heterocycles. The van der Waals surface area contributed by atoms with Crippen LogP contribution in [0.2, 0.25) is 5.28 Å². The fourth-order valence-corrected chi connectivity index (χ4v) is 1.57. The first-order valence-corrected chi connectivity index (χ1v) is 4.45. The van der Waals surface area contributed by atoms with E-state index in [1.165, 1.54) is 12.8 Å². The van der Waals surface area contributed by atoms with Crippen LogP contribution in [0, 0.1) is 0 Å². The van der Waals surface area contributed by atoms with Gasteiger partial charge in [-0.15, -0.1) is 0 Å². The Morgan fingerprint density at radius 3 is 2.75 bits per heavy atom. The number of nitrogens with one attached hydrogen (secondary N) is 1. The van der Waals surface area contributed by atoms with Crippen molar-refractivity contribution in [1.29, 1.82) is 0 Å². The van der Waals surface area contributed by atoms with E-state index in [1.54, 1.807) is 12.4 Å². The van der Waals surface area contributed by atoms with Gasteiger partial charge in [0.2, 0.25) is 5.28 Å². The van der Waals surface area contributed by atoms with Gasteiger partial charge in [-0.2, -0.15) is 0 Å². The number of hydrogen-bond donors (Lipinski definition) is 1. The fraction of sp³-hybridized carbons (Fsp3) is 0.500. The first kappa shape index (κ1) is 7.95. The van der Waals surface area contributed by atoms with Gasteiger partial charge >= 0.3 is 0 Å². The van der Waals surface area contributed by atoms with E-state index < -0.39 is 0 Å². The maximum Gasteiger partial charge on any atom is 0.222 e. The van der Waals surface area contributed by atoms with Crippen LogP contribution in [0.3, 0.4) is 0 Å². The van der Waals surface area contributed by atoms with Crippen LogP contribution in [-0.2, 0) is 0 Å². The topological polar surface area (TPSA) is 37.8 Å². The van der Waals surface area contributed by atoms with Gasteiger partial charge < -0.3 is 5.32 Å². The predicted octanol–water partition coefficient (Wildman–Crippen LogP) is 1.55. The van der Waals surface area contributed by atoms with Gasteiger partial charge in [0.25, 0.3) is 0 Å². The Balaban J connectivity index is 2.17. The molecule has 1 N–H and O–H groups in total. The van der Waals surface area contributed by atoms with Crippen LogP contribution in [0.5, 0.6) is 0 Å². The Kier molecular flexibility index (Phi) is 2.23. The van der Waals surface area contributed by atoms with Crippen LogP contribution in [-0.4, -0.2) is 16.5 Å². The standard InChI is InChI=1S/C8H10ClN3/c9-8-11-4-6(5-12-8)7-2-1-3-10-7/h4-5,7,10H,1-3H2. The number of nitrogens with zero attached hydrogens (tertiary/aromatic N) is 2. The highest BCUT2D eigenvalue weighted by Gasteiger charge is 2.16. The highest BCUT2D eigenvalue weighted by Crippen LogP contribution is 2.21. The zero-order valence-corrected chi connectivity index (χ0v) is 7.38. The van der Waals surface area contributed by atoms with Crippen molar-refractivity contribution in [1.82, 2.24) is 15.3 Å². The lowest BCUT2D eigenvalue weighted by Gasteiger charge is -2.08. The lowest BCUT2D eigenvalue weighted by atomic mass is 10.1. The summed E-state index contributed by atoms with van der Waals surface area (Å²) in [5, 5.41) is 3.69. The number of aromatic nitrogens is 2. The summed E-state index contributed by atoms with van der Waals surface area (Å²) in [6, 6.07) is 0.433.